The van der Waals surface area contributed by atoms with E-state index in [0.717, 1.165) is 24.2 Å². The van der Waals surface area contributed by atoms with Gasteiger partial charge in [0, 0.05) is 13.1 Å². The van der Waals surface area contributed by atoms with E-state index in [9.17, 15) is 9.59 Å². The van der Waals surface area contributed by atoms with Crippen molar-refractivity contribution >= 4 is 17.7 Å². The molecule has 194 valence electrons. The Labute approximate surface area is 218 Å². The van der Waals surface area contributed by atoms with Gasteiger partial charge in [-0.15, -0.1) is 0 Å². The zero-order valence-electron chi connectivity index (χ0n) is 21.9. The lowest BCUT2D eigenvalue weighted by Crippen LogP contribution is -2.51. The van der Waals surface area contributed by atoms with E-state index in [-0.39, 0.29) is 23.5 Å². The summed E-state index contributed by atoms with van der Waals surface area (Å²) in [6, 6.07) is 20.4. The highest BCUT2D eigenvalue weighted by molar-refractivity contribution is 5.99. The van der Waals surface area contributed by atoms with E-state index in [1.807, 2.05) is 65.0 Å². The molecule has 0 bridgehead atoms. The zero-order valence-corrected chi connectivity index (χ0v) is 21.9. The number of piperidine rings is 1. The molecule has 0 aliphatic carbocycles. The molecule has 2 unspecified atom stereocenters. The number of aromatic nitrogens is 2. The fourth-order valence-electron chi connectivity index (χ4n) is 5.92. The molecule has 0 saturated carbocycles. The lowest BCUT2D eigenvalue weighted by atomic mass is 9.75. The predicted molar refractivity (Wildman–Crippen MR) is 143 cm³/mol. The molecule has 2 aliphatic rings. The van der Waals surface area contributed by atoms with Crippen LogP contribution in [-0.4, -0.2) is 46.3 Å². The van der Waals surface area contributed by atoms with E-state index >= 15 is 0 Å². The molecule has 1 amide bonds. The first-order valence-corrected chi connectivity index (χ1v) is 13.2. The summed E-state index contributed by atoms with van der Waals surface area (Å²) in [4.78, 5) is 29.1. The first-order valence-electron chi connectivity index (χ1n) is 13.2. The normalized spacial score (nSPS) is 22.6. The van der Waals surface area contributed by atoms with E-state index in [0.29, 0.717) is 38.1 Å². The molecule has 5 rings (SSSR count). The Kier molecular flexibility index (Phi) is 6.80. The van der Waals surface area contributed by atoms with Crippen molar-refractivity contribution in [1.29, 1.82) is 0 Å². The molecule has 3 aromatic rings. The maximum absolute atomic E-state index is 14.0. The first-order chi connectivity index (χ1) is 17.8. The third kappa shape index (κ3) is 4.87. The van der Waals surface area contributed by atoms with Crippen LogP contribution in [0.5, 0.6) is 0 Å². The molecular formula is C30H36N4O3. The summed E-state index contributed by atoms with van der Waals surface area (Å²) in [7, 11) is 0. The minimum Gasteiger partial charge on any atom is -0.466 e. The standard InChI is InChI=1S/C30H36N4O3/c1-4-37-28(36)30(18-22-12-7-5-8-13-22)16-11-17-33(21-30)27(35)24-20-31-34-26(24)32-25(19-29(34,2)3)23-14-9-6-10-15-23/h5-10,12-15,20,25,32H,4,11,16-19,21H2,1-3H3. The van der Waals surface area contributed by atoms with E-state index in [1.54, 1.807) is 6.20 Å². The predicted octanol–water partition coefficient (Wildman–Crippen LogP) is 5.20. The molecule has 1 N–H and O–H groups in total. The topological polar surface area (TPSA) is 76.5 Å². The molecule has 2 aromatic carbocycles. The van der Waals surface area contributed by atoms with Crippen LogP contribution in [0.1, 0.15) is 67.6 Å². The van der Waals surface area contributed by atoms with Gasteiger partial charge in [0.15, 0.2) is 0 Å². The number of benzene rings is 2. The number of nitrogens with one attached hydrogen (secondary N) is 1. The molecule has 1 aromatic heterocycles. The minimum absolute atomic E-state index is 0.0741. The Hall–Kier alpha value is -3.61. The number of anilines is 1. The average Bonchev–Trinajstić information content (AvgIpc) is 3.34. The number of hydrogen-bond donors (Lipinski definition) is 1. The quantitative estimate of drug-likeness (QED) is 0.471. The van der Waals surface area contributed by atoms with Crippen LogP contribution >= 0.6 is 0 Å². The molecule has 2 atom stereocenters. The number of carbonyl (C=O) groups excluding carboxylic acids is 2. The maximum Gasteiger partial charge on any atom is 0.314 e. The largest absolute Gasteiger partial charge is 0.466 e. The molecule has 7 nitrogen and oxygen atoms in total. The Bertz CT molecular complexity index is 1250. The first kappa shape index (κ1) is 25.1. The minimum atomic E-state index is -0.766. The van der Waals surface area contributed by atoms with Crippen molar-refractivity contribution in [3.05, 3.63) is 83.6 Å². The molecule has 1 fully saturated rings. The van der Waals surface area contributed by atoms with Crippen LogP contribution in [0.4, 0.5) is 5.82 Å². The van der Waals surface area contributed by atoms with Gasteiger partial charge in [-0.25, -0.2) is 4.68 Å². The van der Waals surface area contributed by atoms with Gasteiger partial charge in [-0.2, -0.15) is 5.10 Å². The van der Waals surface area contributed by atoms with Crippen LogP contribution in [0.25, 0.3) is 0 Å². The van der Waals surface area contributed by atoms with Gasteiger partial charge < -0.3 is 15.0 Å². The lowest BCUT2D eigenvalue weighted by Gasteiger charge is -2.41. The van der Waals surface area contributed by atoms with Crippen molar-refractivity contribution in [1.82, 2.24) is 14.7 Å². The van der Waals surface area contributed by atoms with Gasteiger partial charge in [-0.3, -0.25) is 9.59 Å². The summed E-state index contributed by atoms with van der Waals surface area (Å²) in [5, 5.41) is 8.24. The summed E-state index contributed by atoms with van der Waals surface area (Å²) < 4.78 is 7.49. The number of fused-ring (bicyclic) bond motifs is 1. The Morgan fingerprint density at radius 3 is 2.49 bits per heavy atom. The van der Waals surface area contributed by atoms with Gasteiger partial charge in [-0.05, 0) is 57.6 Å². The highest BCUT2D eigenvalue weighted by Gasteiger charge is 2.46. The van der Waals surface area contributed by atoms with Gasteiger partial charge in [0.2, 0.25) is 0 Å². The van der Waals surface area contributed by atoms with E-state index in [2.05, 4.69) is 36.4 Å². The smallest absolute Gasteiger partial charge is 0.314 e. The highest BCUT2D eigenvalue weighted by Crippen LogP contribution is 2.41. The Morgan fingerprint density at radius 2 is 1.78 bits per heavy atom. The van der Waals surface area contributed by atoms with Crippen LogP contribution < -0.4 is 5.32 Å². The van der Waals surface area contributed by atoms with E-state index in [1.165, 1.54) is 5.56 Å². The van der Waals surface area contributed by atoms with Gasteiger partial charge in [0.1, 0.15) is 11.4 Å². The van der Waals surface area contributed by atoms with E-state index < -0.39 is 5.41 Å². The van der Waals surface area contributed by atoms with Crippen LogP contribution in [0.3, 0.4) is 0 Å². The SMILES string of the molecule is CCOC(=O)C1(Cc2ccccc2)CCCN(C(=O)c2cnn3c2NC(c2ccccc2)CC3(C)C)C1. The van der Waals surface area contributed by atoms with Crippen LogP contribution in [-0.2, 0) is 21.5 Å². The second kappa shape index (κ2) is 10.0. The number of rotatable bonds is 6. The Balaban J connectivity index is 1.44. The molecule has 37 heavy (non-hydrogen) atoms. The number of likely N-dealkylation sites (tertiary alicyclic amines) is 1. The van der Waals surface area contributed by atoms with Crippen molar-refractivity contribution in [3.8, 4) is 0 Å². The van der Waals surface area contributed by atoms with Gasteiger partial charge in [-0.1, -0.05) is 60.7 Å². The lowest BCUT2D eigenvalue weighted by molar-refractivity contribution is -0.158. The van der Waals surface area contributed by atoms with Crippen molar-refractivity contribution in [2.75, 3.05) is 25.0 Å². The number of amides is 1. The molecule has 0 spiro atoms. The van der Waals surface area contributed by atoms with Crippen LogP contribution in [0.15, 0.2) is 66.9 Å². The number of carbonyl (C=O) groups is 2. The van der Waals surface area contributed by atoms with Gasteiger partial charge in [0.05, 0.1) is 29.8 Å². The van der Waals surface area contributed by atoms with Crippen molar-refractivity contribution in [2.24, 2.45) is 5.41 Å². The van der Waals surface area contributed by atoms with Crippen molar-refractivity contribution < 1.29 is 14.3 Å². The molecule has 7 heteroatoms. The number of esters is 1. The summed E-state index contributed by atoms with van der Waals surface area (Å²) >= 11 is 0. The summed E-state index contributed by atoms with van der Waals surface area (Å²) in [5.41, 5.74) is 1.78. The summed E-state index contributed by atoms with van der Waals surface area (Å²) in [5.74, 6) is 0.418. The third-order valence-electron chi connectivity index (χ3n) is 7.75. The number of nitrogens with zero attached hydrogens (tertiary/aromatic N) is 3. The second-order valence-electron chi connectivity index (χ2n) is 10.9. The number of ether oxygens (including phenoxy) is 1. The van der Waals surface area contributed by atoms with E-state index in [4.69, 9.17) is 4.74 Å². The van der Waals surface area contributed by atoms with Crippen molar-refractivity contribution in [2.45, 2.75) is 58.0 Å². The fourth-order valence-corrected chi connectivity index (χ4v) is 5.92. The molecule has 2 aliphatic heterocycles. The summed E-state index contributed by atoms with van der Waals surface area (Å²) in [6.45, 7) is 7.39. The third-order valence-corrected chi connectivity index (χ3v) is 7.75. The monoisotopic (exact) mass is 500 g/mol. The highest BCUT2D eigenvalue weighted by atomic mass is 16.5. The Morgan fingerprint density at radius 1 is 1.08 bits per heavy atom. The average molecular weight is 501 g/mol. The second-order valence-corrected chi connectivity index (χ2v) is 10.9. The number of hydrogen-bond acceptors (Lipinski definition) is 5. The van der Waals surface area contributed by atoms with Gasteiger partial charge in [0.25, 0.3) is 5.91 Å². The van der Waals surface area contributed by atoms with Crippen molar-refractivity contribution in [3.63, 3.8) is 0 Å². The zero-order chi connectivity index (χ0) is 26.0. The van der Waals surface area contributed by atoms with Crippen LogP contribution in [0.2, 0.25) is 0 Å². The molecule has 0 radical (unpaired) electrons. The summed E-state index contributed by atoms with van der Waals surface area (Å²) in [6.07, 6.45) is 4.51. The van der Waals surface area contributed by atoms with Gasteiger partial charge >= 0.3 is 5.97 Å². The maximum atomic E-state index is 14.0. The van der Waals surface area contributed by atoms with Crippen LogP contribution in [0, 0.1) is 5.41 Å². The molecule has 1 saturated heterocycles. The molecule has 3 heterocycles. The molecular weight excluding hydrogens is 464 g/mol. The fraction of sp³-hybridized carbons (Fsp3) is 0.433.